The third-order valence-corrected chi connectivity index (χ3v) is 8.82. The second kappa shape index (κ2) is 7.75. The van der Waals surface area contributed by atoms with Gasteiger partial charge in [0.25, 0.3) is 0 Å². The van der Waals surface area contributed by atoms with Crippen LogP contribution in [0.3, 0.4) is 0 Å². The number of halogens is 1. The first kappa shape index (κ1) is 19.8. The number of hydrogen-bond acceptors (Lipinski definition) is 3. The Balaban J connectivity index is 1.25. The van der Waals surface area contributed by atoms with E-state index in [2.05, 4.69) is 5.32 Å². The third-order valence-electron chi connectivity index (χ3n) is 6.95. The summed E-state index contributed by atoms with van der Waals surface area (Å²) in [5.41, 5.74) is 0. The molecule has 4 bridgehead atoms. The summed E-state index contributed by atoms with van der Waals surface area (Å²) >= 11 is 0. The largest absolute Gasteiger partial charge is 0.353 e. The maximum Gasteiger partial charge on any atom is 0.242 e. The Kier molecular flexibility index (Phi) is 5.49. The number of hydrogen-bond donors (Lipinski definition) is 1. The zero-order valence-electron chi connectivity index (χ0n) is 16.3. The van der Waals surface area contributed by atoms with Crippen LogP contribution >= 0.6 is 0 Å². The number of nitrogens with one attached hydrogen (secondary N) is 1. The summed E-state index contributed by atoms with van der Waals surface area (Å²) in [5.74, 6) is 2.60. The van der Waals surface area contributed by atoms with Crippen LogP contribution in [0.2, 0.25) is 0 Å². The number of carbonyl (C=O) groups is 1. The van der Waals surface area contributed by atoms with Gasteiger partial charge in [-0.2, -0.15) is 0 Å². The Morgan fingerprint density at radius 2 is 1.64 bits per heavy atom. The van der Waals surface area contributed by atoms with Crippen LogP contribution in [0.1, 0.15) is 44.9 Å². The lowest BCUT2D eigenvalue weighted by atomic mass is 9.54. The Hall–Kier alpha value is -1.47. The molecule has 0 heterocycles. The summed E-state index contributed by atoms with van der Waals surface area (Å²) in [6, 6.07) is 5.12. The highest BCUT2D eigenvalue weighted by atomic mass is 32.2. The first-order chi connectivity index (χ1) is 13.3. The topological polar surface area (TPSA) is 66.5 Å². The van der Waals surface area contributed by atoms with E-state index in [1.165, 1.54) is 55.6 Å². The molecule has 0 saturated heterocycles. The fourth-order valence-electron chi connectivity index (χ4n) is 5.79. The lowest BCUT2D eigenvalue weighted by Gasteiger charge is -2.54. The highest BCUT2D eigenvalue weighted by molar-refractivity contribution is 7.89. The van der Waals surface area contributed by atoms with Gasteiger partial charge in [0.1, 0.15) is 5.82 Å². The predicted molar refractivity (Wildman–Crippen MR) is 104 cm³/mol. The van der Waals surface area contributed by atoms with Gasteiger partial charge in [0.05, 0.1) is 4.90 Å². The van der Waals surface area contributed by atoms with Gasteiger partial charge in [-0.25, -0.2) is 17.1 Å². The second-order valence-electron chi connectivity index (χ2n) is 8.91. The minimum absolute atomic E-state index is 0.0325. The van der Waals surface area contributed by atoms with E-state index < -0.39 is 15.8 Å². The van der Waals surface area contributed by atoms with Crippen LogP contribution in [0.4, 0.5) is 4.39 Å². The molecule has 1 amide bonds. The van der Waals surface area contributed by atoms with Crippen LogP contribution < -0.4 is 5.32 Å². The summed E-state index contributed by atoms with van der Waals surface area (Å²) in [6.45, 7) is 0.259. The van der Waals surface area contributed by atoms with E-state index in [9.17, 15) is 17.6 Å². The van der Waals surface area contributed by atoms with Crippen LogP contribution in [-0.2, 0) is 14.8 Å². The van der Waals surface area contributed by atoms with Gasteiger partial charge in [-0.1, -0.05) is 0 Å². The van der Waals surface area contributed by atoms with E-state index in [4.69, 9.17) is 0 Å². The Labute approximate surface area is 166 Å². The van der Waals surface area contributed by atoms with E-state index in [-0.39, 0.29) is 17.3 Å². The SMILES string of the molecule is CN(CCCC(=O)NC1C2CC3CC(C2)CC1C3)S(=O)(=O)c1ccc(F)cc1. The molecule has 5 nitrogen and oxygen atoms in total. The molecule has 1 aromatic carbocycles. The summed E-state index contributed by atoms with van der Waals surface area (Å²) < 4.78 is 39.3. The first-order valence-electron chi connectivity index (χ1n) is 10.3. The maximum atomic E-state index is 13.0. The third kappa shape index (κ3) is 3.96. The number of nitrogens with zero attached hydrogens (tertiary/aromatic N) is 1. The van der Waals surface area contributed by atoms with E-state index in [1.54, 1.807) is 0 Å². The molecule has 28 heavy (non-hydrogen) atoms. The molecule has 0 aromatic heterocycles. The minimum Gasteiger partial charge on any atom is -0.353 e. The lowest BCUT2D eigenvalue weighted by Crippen LogP contribution is -2.55. The highest BCUT2D eigenvalue weighted by Crippen LogP contribution is 2.53. The van der Waals surface area contributed by atoms with Crippen LogP contribution in [-0.4, -0.2) is 38.3 Å². The smallest absolute Gasteiger partial charge is 0.242 e. The average Bonchev–Trinajstić information content (AvgIpc) is 2.64. The van der Waals surface area contributed by atoms with E-state index >= 15 is 0 Å². The molecule has 154 valence electrons. The fraction of sp³-hybridized carbons (Fsp3) is 0.667. The fourth-order valence-corrected chi connectivity index (χ4v) is 7.00. The van der Waals surface area contributed by atoms with Crippen molar-refractivity contribution in [3.8, 4) is 0 Å². The van der Waals surface area contributed by atoms with E-state index in [0.29, 0.717) is 30.7 Å². The summed E-state index contributed by atoms with van der Waals surface area (Å²) in [4.78, 5) is 12.5. The molecule has 0 spiro atoms. The molecule has 7 heteroatoms. The molecule has 5 rings (SSSR count). The standard InChI is InChI=1S/C21H29FN2O3S/c1-24(28(26,27)19-6-4-18(22)5-7-19)8-2-3-20(25)23-21-16-10-14-9-15(12-16)13-17(21)11-14/h4-7,14-17,21H,2-3,8-13H2,1H3,(H,23,25). The minimum atomic E-state index is -3.66. The van der Waals surface area contributed by atoms with Crippen molar-refractivity contribution in [3.63, 3.8) is 0 Å². The number of rotatable bonds is 7. The van der Waals surface area contributed by atoms with Gasteiger partial charge in [0.15, 0.2) is 0 Å². The van der Waals surface area contributed by atoms with Gasteiger partial charge in [-0.15, -0.1) is 0 Å². The zero-order valence-corrected chi connectivity index (χ0v) is 17.1. The normalized spacial score (nSPS) is 31.3. The number of amides is 1. The van der Waals surface area contributed by atoms with E-state index in [1.807, 2.05) is 0 Å². The molecule has 4 fully saturated rings. The Bertz CT molecular complexity index is 797. The summed E-state index contributed by atoms with van der Waals surface area (Å²) in [5, 5.41) is 3.26. The van der Waals surface area contributed by atoms with Crippen LogP contribution in [0.5, 0.6) is 0 Å². The van der Waals surface area contributed by atoms with Gasteiger partial charge in [-0.05, 0) is 86.5 Å². The Morgan fingerprint density at radius 3 is 2.21 bits per heavy atom. The molecule has 1 aromatic rings. The van der Waals surface area contributed by atoms with Crippen LogP contribution in [0.15, 0.2) is 29.2 Å². The molecule has 4 aliphatic rings. The second-order valence-corrected chi connectivity index (χ2v) is 11.0. The quantitative estimate of drug-likeness (QED) is 0.754. The molecule has 4 saturated carbocycles. The lowest BCUT2D eigenvalue weighted by molar-refractivity contribution is -0.125. The van der Waals surface area contributed by atoms with Crippen molar-refractivity contribution >= 4 is 15.9 Å². The molecule has 0 atom stereocenters. The zero-order chi connectivity index (χ0) is 19.9. The monoisotopic (exact) mass is 408 g/mol. The average molecular weight is 409 g/mol. The molecule has 0 radical (unpaired) electrons. The number of sulfonamides is 1. The van der Waals surface area contributed by atoms with Gasteiger partial charge in [-0.3, -0.25) is 4.79 Å². The van der Waals surface area contributed by atoms with Crippen molar-refractivity contribution < 1.29 is 17.6 Å². The van der Waals surface area contributed by atoms with Crippen LogP contribution in [0, 0.1) is 29.5 Å². The van der Waals surface area contributed by atoms with E-state index in [0.717, 1.165) is 24.0 Å². The summed E-state index contributed by atoms with van der Waals surface area (Å²) in [7, 11) is -2.17. The van der Waals surface area contributed by atoms with Crippen molar-refractivity contribution in [2.45, 2.75) is 55.9 Å². The molecular formula is C21H29FN2O3S. The Morgan fingerprint density at radius 1 is 1.07 bits per heavy atom. The number of carbonyl (C=O) groups excluding carboxylic acids is 1. The van der Waals surface area contributed by atoms with Crippen molar-refractivity contribution in [1.29, 1.82) is 0 Å². The molecule has 0 unspecified atom stereocenters. The van der Waals surface area contributed by atoms with Gasteiger partial charge in [0.2, 0.25) is 15.9 Å². The van der Waals surface area contributed by atoms with Gasteiger partial charge < -0.3 is 5.32 Å². The summed E-state index contributed by atoms with van der Waals surface area (Å²) in [6.07, 6.45) is 7.23. The first-order valence-corrected chi connectivity index (χ1v) is 11.8. The molecule has 1 N–H and O–H groups in total. The van der Waals surface area contributed by atoms with Gasteiger partial charge in [0, 0.05) is 26.1 Å². The van der Waals surface area contributed by atoms with Gasteiger partial charge >= 0.3 is 0 Å². The van der Waals surface area contributed by atoms with Crippen LogP contribution in [0.25, 0.3) is 0 Å². The van der Waals surface area contributed by atoms with Crippen molar-refractivity contribution in [1.82, 2.24) is 9.62 Å². The van der Waals surface area contributed by atoms with Crippen molar-refractivity contribution in [3.05, 3.63) is 30.1 Å². The van der Waals surface area contributed by atoms with Crippen molar-refractivity contribution in [2.24, 2.45) is 23.7 Å². The number of benzene rings is 1. The maximum absolute atomic E-state index is 13.0. The molecule has 0 aliphatic heterocycles. The predicted octanol–water partition coefficient (Wildman–Crippen LogP) is 3.17. The molecule has 4 aliphatic carbocycles. The van der Waals surface area contributed by atoms with Crippen molar-refractivity contribution in [2.75, 3.05) is 13.6 Å². The highest BCUT2D eigenvalue weighted by Gasteiger charge is 2.48. The molecular weight excluding hydrogens is 379 g/mol.